The summed E-state index contributed by atoms with van der Waals surface area (Å²) in [6.07, 6.45) is 0. The maximum atomic E-state index is 10.5. The van der Waals surface area contributed by atoms with Gasteiger partial charge in [0.25, 0.3) is 0 Å². The van der Waals surface area contributed by atoms with Gasteiger partial charge in [0.1, 0.15) is 5.75 Å². The predicted octanol–water partition coefficient (Wildman–Crippen LogP) is 4.71. The topological polar surface area (TPSA) is 46.5 Å². The molecule has 4 heteroatoms. The van der Waals surface area contributed by atoms with Gasteiger partial charge in [-0.3, -0.25) is 4.52 Å². The molecule has 0 heterocycles. The van der Waals surface area contributed by atoms with Crippen LogP contribution in [0.25, 0.3) is 0 Å². The van der Waals surface area contributed by atoms with E-state index < -0.39 is 0 Å². The summed E-state index contributed by atoms with van der Waals surface area (Å²) in [4.78, 5) is 0. The number of phenolic OH excluding ortho intramolecular Hbond substituents is 1. The zero-order valence-corrected chi connectivity index (χ0v) is 13.5. The SMILES string of the molecule is CC(C)(C)c1cc(COP=O)cc(C(C)(C)C)c1O. The molecule has 1 N–H and O–H groups in total. The maximum Gasteiger partial charge on any atom is 0.327 e. The highest BCUT2D eigenvalue weighted by Crippen LogP contribution is 2.39. The summed E-state index contributed by atoms with van der Waals surface area (Å²) in [5.41, 5.74) is 2.39. The molecule has 3 nitrogen and oxygen atoms in total. The van der Waals surface area contributed by atoms with Gasteiger partial charge in [0.15, 0.2) is 0 Å². The van der Waals surface area contributed by atoms with E-state index in [9.17, 15) is 9.67 Å². The summed E-state index contributed by atoms with van der Waals surface area (Å²) in [6, 6.07) is 3.85. The fraction of sp³-hybridized carbons (Fsp3) is 0.600. The van der Waals surface area contributed by atoms with Crippen LogP contribution in [0, 0.1) is 0 Å². The molecule has 0 amide bonds. The van der Waals surface area contributed by atoms with Gasteiger partial charge in [-0.2, -0.15) is 0 Å². The predicted molar refractivity (Wildman–Crippen MR) is 77.9 cm³/mol. The lowest BCUT2D eigenvalue weighted by Gasteiger charge is -2.28. The zero-order valence-electron chi connectivity index (χ0n) is 12.6. The third-order valence-electron chi connectivity index (χ3n) is 3.07. The van der Waals surface area contributed by atoms with Gasteiger partial charge in [0.05, 0.1) is 6.61 Å². The summed E-state index contributed by atoms with van der Waals surface area (Å²) in [5.74, 6) is 0.350. The lowest BCUT2D eigenvalue weighted by molar-refractivity contribution is 0.331. The molecule has 106 valence electrons. The number of rotatable bonds is 3. The summed E-state index contributed by atoms with van der Waals surface area (Å²) in [7, 11) is -0.325. The summed E-state index contributed by atoms with van der Waals surface area (Å²) >= 11 is 0. The standard InChI is InChI=1S/C15H23O3P/c1-14(2,3)11-7-10(9-18-19-17)8-12(13(11)16)15(4,5)6/h7-8,16H,9H2,1-6H3. The average Bonchev–Trinajstić information content (AvgIpc) is 2.24. The lowest BCUT2D eigenvalue weighted by atomic mass is 9.78. The number of hydrogen-bond donors (Lipinski definition) is 1. The van der Waals surface area contributed by atoms with Gasteiger partial charge in [-0.1, -0.05) is 41.5 Å². The molecule has 0 aliphatic heterocycles. The Morgan fingerprint density at radius 3 is 1.79 bits per heavy atom. The lowest BCUT2D eigenvalue weighted by Crippen LogP contribution is -2.18. The van der Waals surface area contributed by atoms with Gasteiger partial charge < -0.3 is 5.11 Å². The molecule has 0 spiro atoms. The number of phenols is 1. The Morgan fingerprint density at radius 1 is 1.05 bits per heavy atom. The smallest absolute Gasteiger partial charge is 0.327 e. The first-order chi connectivity index (χ1) is 8.57. The monoisotopic (exact) mass is 282 g/mol. The fourth-order valence-corrected chi connectivity index (χ4v) is 2.22. The highest BCUT2D eigenvalue weighted by molar-refractivity contribution is 7.17. The molecule has 19 heavy (non-hydrogen) atoms. The first-order valence-corrected chi connectivity index (χ1v) is 7.12. The van der Waals surface area contributed by atoms with Gasteiger partial charge in [-0.15, -0.1) is 0 Å². The van der Waals surface area contributed by atoms with Crippen LogP contribution in [0.3, 0.4) is 0 Å². The van der Waals surface area contributed by atoms with Gasteiger partial charge in [-0.05, 0) is 39.7 Å². The van der Waals surface area contributed by atoms with Crippen LogP contribution < -0.4 is 0 Å². The van der Waals surface area contributed by atoms with E-state index in [0.717, 1.165) is 16.7 Å². The Bertz CT molecular complexity index is 432. The van der Waals surface area contributed by atoms with Crippen molar-refractivity contribution in [1.29, 1.82) is 0 Å². The van der Waals surface area contributed by atoms with Crippen LogP contribution in [-0.2, 0) is 26.5 Å². The van der Waals surface area contributed by atoms with E-state index >= 15 is 0 Å². The second-order valence-electron chi connectivity index (χ2n) is 6.89. The van der Waals surface area contributed by atoms with E-state index in [0.29, 0.717) is 5.75 Å². The minimum Gasteiger partial charge on any atom is -0.507 e. The molecular weight excluding hydrogens is 259 g/mol. The minimum atomic E-state index is -0.325. The molecular formula is C15H23O3P. The van der Waals surface area contributed by atoms with Crippen LogP contribution in [0.5, 0.6) is 5.75 Å². The Hall–Kier alpha value is -0.920. The molecule has 0 aromatic heterocycles. The summed E-state index contributed by atoms with van der Waals surface area (Å²) in [5, 5.41) is 10.5. The van der Waals surface area contributed by atoms with Gasteiger partial charge in [0.2, 0.25) is 0 Å². The molecule has 0 bridgehead atoms. The van der Waals surface area contributed by atoms with Crippen molar-refractivity contribution in [2.24, 2.45) is 0 Å². The number of hydrogen-bond acceptors (Lipinski definition) is 3. The molecule has 0 unspecified atom stereocenters. The van der Waals surface area contributed by atoms with Crippen molar-refractivity contribution < 1.29 is 14.2 Å². The van der Waals surface area contributed by atoms with Crippen LogP contribution in [-0.4, -0.2) is 5.11 Å². The van der Waals surface area contributed by atoms with Crippen molar-refractivity contribution in [1.82, 2.24) is 0 Å². The normalized spacial score (nSPS) is 12.9. The highest BCUT2D eigenvalue weighted by atomic mass is 31.1. The first-order valence-electron chi connectivity index (χ1n) is 6.39. The Kier molecular flexibility index (Phi) is 4.76. The van der Waals surface area contributed by atoms with Crippen molar-refractivity contribution in [3.05, 3.63) is 28.8 Å². The largest absolute Gasteiger partial charge is 0.507 e. The molecule has 0 saturated carbocycles. The molecule has 1 rings (SSSR count). The first kappa shape index (κ1) is 16.1. The molecule has 0 aliphatic carbocycles. The number of benzene rings is 1. The maximum absolute atomic E-state index is 10.5. The summed E-state index contributed by atoms with van der Waals surface area (Å²) in [6.45, 7) is 12.6. The third kappa shape index (κ3) is 4.02. The molecule has 0 saturated heterocycles. The van der Waals surface area contributed by atoms with Crippen molar-refractivity contribution in [2.75, 3.05) is 0 Å². The Morgan fingerprint density at radius 2 is 1.47 bits per heavy atom. The van der Waals surface area contributed by atoms with E-state index in [1.165, 1.54) is 0 Å². The van der Waals surface area contributed by atoms with Crippen LogP contribution in [0.2, 0.25) is 0 Å². The van der Waals surface area contributed by atoms with Crippen LogP contribution in [0.15, 0.2) is 12.1 Å². The average molecular weight is 282 g/mol. The highest BCUT2D eigenvalue weighted by Gasteiger charge is 2.26. The summed E-state index contributed by atoms with van der Waals surface area (Å²) < 4.78 is 15.4. The second kappa shape index (κ2) is 5.60. The van der Waals surface area contributed by atoms with Crippen molar-refractivity contribution in [3.8, 4) is 5.75 Å². The van der Waals surface area contributed by atoms with Crippen LogP contribution in [0.4, 0.5) is 0 Å². The molecule has 1 aromatic carbocycles. The quantitative estimate of drug-likeness (QED) is 0.817. The fourth-order valence-electron chi connectivity index (χ4n) is 2.02. The van der Waals surface area contributed by atoms with E-state index in [1.54, 1.807) is 0 Å². The number of aromatic hydroxyl groups is 1. The van der Waals surface area contributed by atoms with E-state index in [4.69, 9.17) is 4.52 Å². The molecule has 0 radical (unpaired) electrons. The van der Waals surface area contributed by atoms with E-state index in [2.05, 4.69) is 41.5 Å². The van der Waals surface area contributed by atoms with Gasteiger partial charge in [0, 0.05) is 0 Å². The van der Waals surface area contributed by atoms with Gasteiger partial charge in [-0.25, -0.2) is 4.57 Å². The Balaban J connectivity index is 3.43. The Labute approximate surface area is 117 Å². The van der Waals surface area contributed by atoms with E-state index in [1.807, 2.05) is 12.1 Å². The molecule has 1 aromatic rings. The van der Waals surface area contributed by atoms with Crippen LogP contribution >= 0.6 is 8.69 Å². The van der Waals surface area contributed by atoms with Crippen molar-refractivity contribution >= 4 is 8.69 Å². The molecule has 0 fully saturated rings. The molecule has 0 aliphatic rings. The van der Waals surface area contributed by atoms with Gasteiger partial charge >= 0.3 is 8.69 Å². The zero-order chi connectivity index (χ0) is 14.8. The third-order valence-corrected chi connectivity index (χ3v) is 3.30. The van der Waals surface area contributed by atoms with Crippen LogP contribution in [0.1, 0.15) is 58.2 Å². The molecule has 0 atom stereocenters. The second-order valence-corrected chi connectivity index (χ2v) is 7.29. The van der Waals surface area contributed by atoms with E-state index in [-0.39, 0.29) is 26.1 Å². The van der Waals surface area contributed by atoms with Crippen molar-refractivity contribution in [3.63, 3.8) is 0 Å². The van der Waals surface area contributed by atoms with Crippen molar-refractivity contribution in [2.45, 2.75) is 59.0 Å². The minimum absolute atomic E-state index is 0.157.